The van der Waals surface area contributed by atoms with Crippen molar-refractivity contribution in [1.82, 2.24) is 9.97 Å². The standard InChI is InChI=1S/C19H17F2N3OS2/c1-9(17(25)24-16-12(20)6-4-7-13(16)21)26-18-15-11-5-3-8-14(11)27-19(15)23-10(2)22-18/h4,6-7,9H,3,5,8H2,1-2H3,(H,24,25)/t9-/m0/s1. The maximum absolute atomic E-state index is 13.8. The number of fused-ring (bicyclic) bond motifs is 3. The second kappa shape index (κ2) is 7.16. The van der Waals surface area contributed by atoms with E-state index in [9.17, 15) is 13.6 Å². The van der Waals surface area contributed by atoms with Crippen LogP contribution in [0.5, 0.6) is 0 Å². The number of carbonyl (C=O) groups excluding carboxylic acids is 1. The second-order valence-corrected chi connectivity index (χ2v) is 8.87. The van der Waals surface area contributed by atoms with Gasteiger partial charge in [-0.1, -0.05) is 17.8 Å². The van der Waals surface area contributed by atoms with E-state index in [1.807, 2.05) is 6.92 Å². The van der Waals surface area contributed by atoms with Gasteiger partial charge in [0, 0.05) is 10.3 Å². The van der Waals surface area contributed by atoms with Gasteiger partial charge < -0.3 is 5.32 Å². The number of aromatic nitrogens is 2. The van der Waals surface area contributed by atoms with Crippen LogP contribution in [0.4, 0.5) is 14.5 Å². The second-order valence-electron chi connectivity index (χ2n) is 6.46. The van der Waals surface area contributed by atoms with Crippen LogP contribution < -0.4 is 5.32 Å². The first kappa shape index (κ1) is 18.3. The van der Waals surface area contributed by atoms with E-state index in [2.05, 4.69) is 15.3 Å². The topological polar surface area (TPSA) is 54.9 Å². The minimum atomic E-state index is -0.795. The van der Waals surface area contributed by atoms with E-state index in [0.29, 0.717) is 5.82 Å². The Bertz CT molecular complexity index is 1030. The molecular weight excluding hydrogens is 388 g/mol. The summed E-state index contributed by atoms with van der Waals surface area (Å²) in [7, 11) is 0. The van der Waals surface area contributed by atoms with Gasteiger partial charge in [-0.05, 0) is 50.8 Å². The highest BCUT2D eigenvalue weighted by Crippen LogP contribution is 2.41. The monoisotopic (exact) mass is 405 g/mol. The number of thiophene rings is 1. The summed E-state index contributed by atoms with van der Waals surface area (Å²) in [6.45, 7) is 3.53. The smallest absolute Gasteiger partial charge is 0.237 e. The van der Waals surface area contributed by atoms with Gasteiger partial charge in [0.05, 0.1) is 5.25 Å². The molecule has 1 N–H and O–H groups in total. The molecule has 0 radical (unpaired) electrons. The number of anilines is 1. The highest BCUT2D eigenvalue weighted by molar-refractivity contribution is 8.00. The van der Waals surface area contributed by atoms with E-state index in [-0.39, 0.29) is 0 Å². The van der Waals surface area contributed by atoms with Crippen LogP contribution in [0.25, 0.3) is 10.2 Å². The molecule has 140 valence electrons. The summed E-state index contributed by atoms with van der Waals surface area (Å²) >= 11 is 2.99. The fraction of sp³-hybridized carbons (Fsp3) is 0.316. The maximum atomic E-state index is 13.8. The Hall–Kier alpha value is -2.06. The van der Waals surface area contributed by atoms with Gasteiger partial charge in [0.2, 0.25) is 5.91 Å². The van der Waals surface area contributed by atoms with E-state index in [4.69, 9.17) is 0 Å². The first-order valence-corrected chi connectivity index (χ1v) is 10.3. The average molecular weight is 405 g/mol. The molecule has 1 aliphatic rings. The van der Waals surface area contributed by atoms with E-state index in [0.717, 1.165) is 46.6 Å². The zero-order valence-electron chi connectivity index (χ0n) is 14.8. The lowest BCUT2D eigenvalue weighted by molar-refractivity contribution is -0.115. The minimum absolute atomic E-state index is 0.421. The largest absolute Gasteiger partial charge is 0.320 e. The van der Waals surface area contributed by atoms with E-state index in [1.165, 1.54) is 28.3 Å². The van der Waals surface area contributed by atoms with Crippen molar-refractivity contribution >= 4 is 44.9 Å². The van der Waals surface area contributed by atoms with Crippen molar-refractivity contribution < 1.29 is 13.6 Å². The molecule has 1 aromatic carbocycles. The number of benzene rings is 1. The van der Waals surface area contributed by atoms with Crippen molar-refractivity contribution in [3.05, 3.63) is 46.1 Å². The molecule has 1 amide bonds. The number of amides is 1. The summed E-state index contributed by atoms with van der Waals surface area (Å²) in [6, 6.07) is 3.49. The van der Waals surface area contributed by atoms with Gasteiger partial charge in [0.15, 0.2) is 0 Å². The number of thioether (sulfide) groups is 1. The van der Waals surface area contributed by atoms with Gasteiger partial charge in [0.25, 0.3) is 0 Å². The van der Waals surface area contributed by atoms with Crippen molar-refractivity contribution in [3.63, 3.8) is 0 Å². The van der Waals surface area contributed by atoms with Crippen LogP contribution >= 0.6 is 23.1 Å². The molecule has 0 spiro atoms. The number of halogens is 2. The highest BCUT2D eigenvalue weighted by atomic mass is 32.2. The van der Waals surface area contributed by atoms with Crippen LogP contribution in [0.3, 0.4) is 0 Å². The molecule has 2 aromatic heterocycles. The molecule has 0 saturated carbocycles. The Balaban J connectivity index is 1.61. The molecule has 4 nitrogen and oxygen atoms in total. The molecule has 0 saturated heterocycles. The quantitative estimate of drug-likeness (QED) is 0.496. The van der Waals surface area contributed by atoms with Crippen molar-refractivity contribution in [2.24, 2.45) is 0 Å². The number of rotatable bonds is 4. The Morgan fingerprint density at radius 3 is 2.74 bits per heavy atom. The predicted octanol–water partition coefficient (Wildman–Crippen LogP) is 4.89. The van der Waals surface area contributed by atoms with Crippen molar-refractivity contribution in [2.45, 2.75) is 43.4 Å². The lowest BCUT2D eigenvalue weighted by atomic mass is 10.2. The summed E-state index contributed by atoms with van der Waals surface area (Å²) < 4.78 is 27.6. The zero-order chi connectivity index (χ0) is 19.1. The zero-order valence-corrected chi connectivity index (χ0v) is 16.4. The van der Waals surface area contributed by atoms with E-state index in [1.54, 1.807) is 18.3 Å². The number of hydrogen-bond donors (Lipinski definition) is 1. The molecule has 0 aliphatic heterocycles. The van der Waals surface area contributed by atoms with Crippen LogP contribution in [-0.2, 0) is 17.6 Å². The first-order valence-electron chi connectivity index (χ1n) is 8.64. The normalized spacial score (nSPS) is 14.4. The SMILES string of the molecule is Cc1nc(S[C@@H](C)C(=O)Nc2c(F)cccc2F)c2c3c(sc2n1)CCC3. The molecule has 8 heteroatoms. The molecular formula is C19H17F2N3OS2. The third-order valence-corrected chi connectivity index (χ3v) is 6.78. The molecule has 0 bridgehead atoms. The fourth-order valence-corrected chi connectivity index (χ4v) is 5.61. The lowest BCUT2D eigenvalue weighted by Crippen LogP contribution is -2.23. The first-order chi connectivity index (χ1) is 12.9. The average Bonchev–Trinajstić information content (AvgIpc) is 3.18. The van der Waals surface area contributed by atoms with Gasteiger partial charge >= 0.3 is 0 Å². The summed E-state index contributed by atoms with van der Waals surface area (Å²) in [5, 5.41) is 3.57. The van der Waals surface area contributed by atoms with Gasteiger partial charge in [0.1, 0.15) is 33.0 Å². The Morgan fingerprint density at radius 2 is 2.00 bits per heavy atom. The molecule has 27 heavy (non-hydrogen) atoms. The molecule has 1 atom stereocenters. The van der Waals surface area contributed by atoms with Gasteiger partial charge in [-0.25, -0.2) is 18.7 Å². The summed E-state index contributed by atoms with van der Waals surface area (Å²) in [6.07, 6.45) is 3.18. The van der Waals surface area contributed by atoms with Crippen molar-refractivity contribution in [2.75, 3.05) is 5.32 Å². The van der Waals surface area contributed by atoms with Gasteiger partial charge in [-0.3, -0.25) is 4.79 Å². The van der Waals surface area contributed by atoms with Gasteiger partial charge in [-0.2, -0.15) is 0 Å². The third kappa shape index (κ3) is 3.43. The molecule has 2 heterocycles. The molecule has 0 unspecified atom stereocenters. The third-order valence-electron chi connectivity index (χ3n) is 4.51. The number of para-hydroxylation sites is 1. The Labute approximate surface area is 163 Å². The summed E-state index contributed by atoms with van der Waals surface area (Å²) in [5.41, 5.74) is 0.862. The molecule has 1 aliphatic carbocycles. The number of hydrogen-bond acceptors (Lipinski definition) is 5. The Kier molecular flexibility index (Phi) is 4.86. The number of nitrogens with zero attached hydrogens (tertiary/aromatic N) is 2. The van der Waals surface area contributed by atoms with E-state index >= 15 is 0 Å². The van der Waals surface area contributed by atoms with Crippen LogP contribution in [0.2, 0.25) is 0 Å². The Morgan fingerprint density at radius 1 is 1.26 bits per heavy atom. The number of nitrogens with one attached hydrogen (secondary N) is 1. The van der Waals surface area contributed by atoms with Gasteiger partial charge in [-0.15, -0.1) is 11.3 Å². The van der Waals surface area contributed by atoms with Crippen LogP contribution in [-0.4, -0.2) is 21.1 Å². The summed E-state index contributed by atoms with van der Waals surface area (Å²) in [5.74, 6) is -1.41. The molecule has 3 aromatic rings. The van der Waals surface area contributed by atoms with Crippen LogP contribution in [0.1, 0.15) is 29.6 Å². The number of aryl methyl sites for hydroxylation is 3. The van der Waals surface area contributed by atoms with E-state index < -0.39 is 28.5 Å². The maximum Gasteiger partial charge on any atom is 0.237 e. The van der Waals surface area contributed by atoms with Crippen molar-refractivity contribution in [3.8, 4) is 0 Å². The van der Waals surface area contributed by atoms with Crippen LogP contribution in [0, 0.1) is 18.6 Å². The predicted molar refractivity (Wildman–Crippen MR) is 104 cm³/mol. The highest BCUT2D eigenvalue weighted by Gasteiger charge is 2.25. The number of carbonyl (C=O) groups is 1. The van der Waals surface area contributed by atoms with Crippen molar-refractivity contribution in [1.29, 1.82) is 0 Å². The summed E-state index contributed by atoms with van der Waals surface area (Å²) in [4.78, 5) is 23.9. The van der Waals surface area contributed by atoms with Crippen LogP contribution in [0.15, 0.2) is 23.2 Å². The lowest BCUT2D eigenvalue weighted by Gasteiger charge is -2.13. The molecule has 0 fully saturated rings. The minimum Gasteiger partial charge on any atom is -0.320 e. The molecule has 4 rings (SSSR count). The fourth-order valence-electron chi connectivity index (χ4n) is 3.21.